The van der Waals surface area contributed by atoms with Gasteiger partial charge in [-0.3, -0.25) is 0 Å². The predicted molar refractivity (Wildman–Crippen MR) is 186 cm³/mol. The molecule has 2 aliphatic carbocycles. The molecule has 2 aliphatic rings. The normalized spacial score (nSPS) is 13.4. The molecule has 0 heterocycles. The molecule has 208 valence electrons. The van der Waals surface area contributed by atoms with Crippen LogP contribution in [0.15, 0.2) is 152 Å². The summed E-state index contributed by atoms with van der Waals surface area (Å²) in [6, 6.07) is 55.9. The van der Waals surface area contributed by atoms with Crippen LogP contribution in [0.25, 0.3) is 55.3 Å². The Morgan fingerprint density at radius 2 is 1.05 bits per heavy atom. The Balaban J connectivity index is 1.31. The summed E-state index contributed by atoms with van der Waals surface area (Å²) in [5.74, 6) is 0. The van der Waals surface area contributed by atoms with Gasteiger partial charge in [-0.15, -0.1) is 0 Å². The van der Waals surface area contributed by atoms with Gasteiger partial charge in [0.2, 0.25) is 0 Å². The number of benzene rings is 7. The molecule has 0 aromatic heterocycles. The first kappa shape index (κ1) is 25.1. The van der Waals surface area contributed by atoms with Gasteiger partial charge < -0.3 is 4.90 Å². The van der Waals surface area contributed by atoms with Crippen molar-refractivity contribution >= 4 is 27.8 Å². The van der Waals surface area contributed by atoms with E-state index in [9.17, 15) is 0 Å². The minimum absolute atomic E-state index is 0.0733. The first-order chi connectivity index (χ1) is 21.6. The minimum Gasteiger partial charge on any atom is -0.310 e. The molecule has 0 N–H and O–H groups in total. The van der Waals surface area contributed by atoms with Gasteiger partial charge in [-0.25, -0.2) is 0 Å². The highest BCUT2D eigenvalue weighted by atomic mass is 15.1. The molecule has 7 aromatic carbocycles. The maximum Gasteiger partial charge on any atom is 0.0543 e. The maximum absolute atomic E-state index is 2.48. The summed E-state index contributed by atoms with van der Waals surface area (Å²) in [6.07, 6.45) is 0. The zero-order chi connectivity index (χ0) is 29.4. The van der Waals surface area contributed by atoms with Gasteiger partial charge in [0, 0.05) is 22.4 Å². The lowest BCUT2D eigenvalue weighted by atomic mass is 9.82. The van der Waals surface area contributed by atoms with Gasteiger partial charge in [-0.2, -0.15) is 0 Å². The van der Waals surface area contributed by atoms with E-state index < -0.39 is 0 Å². The molecule has 44 heavy (non-hydrogen) atoms. The highest BCUT2D eigenvalue weighted by molar-refractivity contribution is 6.16. The van der Waals surface area contributed by atoms with Crippen molar-refractivity contribution in [3.05, 3.63) is 163 Å². The fraction of sp³-hybridized carbons (Fsp3) is 0.0698. The second-order valence-electron chi connectivity index (χ2n) is 12.6. The van der Waals surface area contributed by atoms with Crippen LogP contribution in [0, 0.1) is 0 Å². The summed E-state index contributed by atoms with van der Waals surface area (Å²) in [4.78, 5) is 2.48. The molecule has 0 fully saturated rings. The average Bonchev–Trinajstić information content (AvgIpc) is 3.52. The highest BCUT2D eigenvalue weighted by Gasteiger charge is 2.37. The van der Waals surface area contributed by atoms with Crippen LogP contribution in [0.4, 0.5) is 17.1 Å². The Hall–Kier alpha value is -5.40. The van der Waals surface area contributed by atoms with Crippen molar-refractivity contribution in [2.75, 3.05) is 4.90 Å². The minimum atomic E-state index is -0.0733. The lowest BCUT2D eigenvalue weighted by Crippen LogP contribution is -2.16. The van der Waals surface area contributed by atoms with E-state index in [2.05, 4.69) is 170 Å². The SMILES string of the molecule is CC1(C)c2ccccc2-c2c(N(c3ccc(-c4ccccc4)cc3)c3cc4c5c(cccc5c3)-c3ccccc3-4)cccc21. The first-order valence-corrected chi connectivity index (χ1v) is 15.5. The molecule has 0 spiro atoms. The smallest absolute Gasteiger partial charge is 0.0543 e. The van der Waals surface area contributed by atoms with Crippen molar-refractivity contribution in [1.82, 2.24) is 0 Å². The third-order valence-corrected chi connectivity index (χ3v) is 9.79. The number of hydrogen-bond donors (Lipinski definition) is 0. The van der Waals surface area contributed by atoms with Crippen LogP contribution in [0.1, 0.15) is 25.0 Å². The second-order valence-corrected chi connectivity index (χ2v) is 12.6. The molecular weight excluding hydrogens is 530 g/mol. The van der Waals surface area contributed by atoms with E-state index >= 15 is 0 Å². The molecule has 0 radical (unpaired) electrons. The first-order valence-electron chi connectivity index (χ1n) is 15.5. The van der Waals surface area contributed by atoms with Gasteiger partial charge in [0.25, 0.3) is 0 Å². The molecule has 0 bridgehead atoms. The molecule has 0 aliphatic heterocycles. The summed E-state index contributed by atoms with van der Waals surface area (Å²) < 4.78 is 0. The van der Waals surface area contributed by atoms with Gasteiger partial charge in [0.15, 0.2) is 0 Å². The van der Waals surface area contributed by atoms with Gasteiger partial charge in [0.1, 0.15) is 0 Å². The summed E-state index contributed by atoms with van der Waals surface area (Å²) in [5, 5.41) is 2.62. The maximum atomic E-state index is 2.48. The van der Waals surface area contributed by atoms with Crippen LogP contribution < -0.4 is 4.90 Å². The van der Waals surface area contributed by atoms with Crippen LogP contribution in [0.2, 0.25) is 0 Å². The number of hydrogen-bond acceptors (Lipinski definition) is 1. The van der Waals surface area contributed by atoms with E-state index in [0.29, 0.717) is 0 Å². The van der Waals surface area contributed by atoms with E-state index in [-0.39, 0.29) is 5.41 Å². The largest absolute Gasteiger partial charge is 0.310 e. The summed E-state index contributed by atoms with van der Waals surface area (Å²) in [6.45, 7) is 4.71. The fourth-order valence-corrected chi connectivity index (χ4v) is 7.71. The van der Waals surface area contributed by atoms with Crippen molar-refractivity contribution in [1.29, 1.82) is 0 Å². The molecule has 9 rings (SSSR count). The lowest BCUT2D eigenvalue weighted by molar-refractivity contribution is 0.660. The second kappa shape index (κ2) is 9.30. The topological polar surface area (TPSA) is 3.24 Å². The molecule has 0 amide bonds. The highest BCUT2D eigenvalue weighted by Crippen LogP contribution is 2.55. The van der Waals surface area contributed by atoms with Crippen LogP contribution in [0.3, 0.4) is 0 Å². The monoisotopic (exact) mass is 561 g/mol. The van der Waals surface area contributed by atoms with E-state index in [1.165, 1.54) is 77.8 Å². The van der Waals surface area contributed by atoms with Crippen molar-refractivity contribution in [2.24, 2.45) is 0 Å². The standard InChI is InChI=1S/C43H31N/c1-43(2)38-19-9-8-17-36(38)42-39(43)20-11-21-40(42)44(31-24-22-29(23-25-31)28-12-4-3-5-13-28)32-26-30-14-10-18-35-33-15-6-7-16-34(33)37(27-32)41(30)35/h3-27H,1-2H3. The molecule has 0 unspecified atom stereocenters. The Bertz CT molecular complexity index is 2240. The Kier molecular flexibility index (Phi) is 5.31. The summed E-state index contributed by atoms with van der Waals surface area (Å²) in [7, 11) is 0. The molecule has 0 saturated heterocycles. The average molecular weight is 562 g/mol. The molecule has 0 atom stereocenters. The molecule has 7 aromatic rings. The van der Waals surface area contributed by atoms with Crippen LogP contribution in [0.5, 0.6) is 0 Å². The van der Waals surface area contributed by atoms with Crippen LogP contribution in [-0.2, 0) is 5.41 Å². The lowest BCUT2D eigenvalue weighted by Gasteiger charge is -2.29. The molecule has 0 saturated carbocycles. The third-order valence-electron chi connectivity index (χ3n) is 9.79. The molecular formula is C43H31N. The molecule has 1 nitrogen and oxygen atoms in total. The third kappa shape index (κ3) is 3.53. The number of rotatable bonds is 4. The van der Waals surface area contributed by atoms with Crippen molar-refractivity contribution in [2.45, 2.75) is 19.3 Å². The van der Waals surface area contributed by atoms with Gasteiger partial charge in [-0.05, 0) is 91.2 Å². The van der Waals surface area contributed by atoms with E-state index in [4.69, 9.17) is 0 Å². The number of nitrogens with zero attached hydrogens (tertiary/aromatic N) is 1. The number of anilines is 3. The van der Waals surface area contributed by atoms with Gasteiger partial charge >= 0.3 is 0 Å². The fourth-order valence-electron chi connectivity index (χ4n) is 7.71. The van der Waals surface area contributed by atoms with E-state index in [1.807, 2.05) is 0 Å². The Morgan fingerprint density at radius 3 is 1.84 bits per heavy atom. The molecule has 1 heteroatoms. The summed E-state index contributed by atoms with van der Waals surface area (Å²) >= 11 is 0. The van der Waals surface area contributed by atoms with Gasteiger partial charge in [-0.1, -0.05) is 135 Å². The van der Waals surface area contributed by atoms with Crippen molar-refractivity contribution < 1.29 is 0 Å². The van der Waals surface area contributed by atoms with Crippen molar-refractivity contribution in [3.63, 3.8) is 0 Å². The van der Waals surface area contributed by atoms with Crippen molar-refractivity contribution in [3.8, 4) is 44.5 Å². The zero-order valence-corrected chi connectivity index (χ0v) is 24.9. The number of fused-ring (bicyclic) bond motifs is 6. The zero-order valence-electron chi connectivity index (χ0n) is 24.9. The van der Waals surface area contributed by atoms with E-state index in [1.54, 1.807) is 0 Å². The quantitative estimate of drug-likeness (QED) is 0.207. The predicted octanol–water partition coefficient (Wildman–Crippen LogP) is 11.9. The van der Waals surface area contributed by atoms with Crippen LogP contribution >= 0.6 is 0 Å². The Morgan fingerprint density at radius 1 is 0.432 bits per heavy atom. The Labute approximate surface area is 258 Å². The van der Waals surface area contributed by atoms with E-state index in [0.717, 1.165) is 5.69 Å². The van der Waals surface area contributed by atoms with Gasteiger partial charge in [0.05, 0.1) is 5.69 Å². The summed E-state index contributed by atoms with van der Waals surface area (Å²) in [5.41, 5.74) is 16.6. The van der Waals surface area contributed by atoms with Crippen LogP contribution in [-0.4, -0.2) is 0 Å².